The molecule has 1 amide bonds. The van der Waals surface area contributed by atoms with Gasteiger partial charge in [0.15, 0.2) is 17.3 Å². The van der Waals surface area contributed by atoms with Gasteiger partial charge in [-0.25, -0.2) is 0 Å². The lowest BCUT2D eigenvalue weighted by Gasteiger charge is -2.25. The lowest BCUT2D eigenvalue weighted by molar-refractivity contribution is -0.131. The zero-order valence-corrected chi connectivity index (χ0v) is 16.8. The van der Waals surface area contributed by atoms with Gasteiger partial charge in [-0.1, -0.05) is 24.3 Å². The third kappa shape index (κ3) is 4.53. The molecule has 2 aromatic rings. The van der Waals surface area contributed by atoms with Crippen molar-refractivity contribution in [3.63, 3.8) is 0 Å². The van der Waals surface area contributed by atoms with Crippen molar-refractivity contribution in [3.8, 4) is 11.5 Å². The van der Waals surface area contributed by atoms with Gasteiger partial charge in [0, 0.05) is 37.1 Å². The fraction of sp³-hybridized carbons (Fsp3) is 0.391. The number of hydrogen-bond donors (Lipinski definition) is 0. The minimum atomic E-state index is -0.0333. The third-order valence-corrected chi connectivity index (χ3v) is 5.14. The number of ketones is 1. The molecule has 0 aliphatic carbocycles. The van der Waals surface area contributed by atoms with Gasteiger partial charge in [-0.2, -0.15) is 0 Å². The Labute approximate surface area is 166 Å². The number of ether oxygens (including phenoxy) is 2. The van der Waals surface area contributed by atoms with Crippen LogP contribution in [0.15, 0.2) is 36.4 Å². The van der Waals surface area contributed by atoms with Crippen LogP contribution in [0.5, 0.6) is 11.5 Å². The Balaban J connectivity index is 1.62. The van der Waals surface area contributed by atoms with Crippen molar-refractivity contribution < 1.29 is 19.1 Å². The lowest BCUT2D eigenvalue weighted by atomic mass is 10.0. The monoisotopic (exact) mass is 381 g/mol. The SMILES string of the molecule is CCN(Cc1cccc2c1OCCO2)C(=O)CCC(=O)c1ccc(C)c(C)c1. The summed E-state index contributed by atoms with van der Waals surface area (Å²) in [5, 5.41) is 0. The number of rotatable bonds is 7. The maximum absolute atomic E-state index is 12.7. The number of nitrogens with zero attached hydrogens (tertiary/aromatic N) is 1. The van der Waals surface area contributed by atoms with E-state index < -0.39 is 0 Å². The van der Waals surface area contributed by atoms with Gasteiger partial charge in [-0.15, -0.1) is 0 Å². The van der Waals surface area contributed by atoms with Crippen LogP contribution in [0.25, 0.3) is 0 Å². The van der Waals surface area contributed by atoms with Gasteiger partial charge in [0.25, 0.3) is 0 Å². The smallest absolute Gasteiger partial charge is 0.223 e. The van der Waals surface area contributed by atoms with Crippen molar-refractivity contribution in [1.29, 1.82) is 0 Å². The molecule has 5 heteroatoms. The Morgan fingerprint density at radius 2 is 1.79 bits per heavy atom. The van der Waals surface area contributed by atoms with E-state index in [9.17, 15) is 9.59 Å². The predicted octanol–water partition coefficient (Wildman–Crippen LogP) is 4.09. The standard InChI is InChI=1S/C23H27NO4/c1-4-24(15-19-6-5-7-21-23(19)28-13-12-27-21)22(26)11-10-20(25)18-9-8-16(2)17(3)14-18/h5-9,14H,4,10-13,15H2,1-3H3. The maximum Gasteiger partial charge on any atom is 0.223 e. The van der Waals surface area contributed by atoms with Crippen LogP contribution < -0.4 is 9.47 Å². The highest BCUT2D eigenvalue weighted by Crippen LogP contribution is 2.34. The van der Waals surface area contributed by atoms with Crippen molar-refractivity contribution >= 4 is 11.7 Å². The van der Waals surface area contributed by atoms with E-state index in [0.29, 0.717) is 37.6 Å². The van der Waals surface area contributed by atoms with Crippen molar-refractivity contribution in [2.24, 2.45) is 0 Å². The molecule has 3 rings (SSSR count). The van der Waals surface area contributed by atoms with E-state index in [1.807, 2.05) is 57.2 Å². The van der Waals surface area contributed by atoms with E-state index in [1.54, 1.807) is 4.90 Å². The maximum atomic E-state index is 12.7. The summed E-state index contributed by atoms with van der Waals surface area (Å²) in [5.41, 5.74) is 3.83. The van der Waals surface area contributed by atoms with Gasteiger partial charge in [-0.05, 0) is 44.0 Å². The number of fused-ring (bicyclic) bond motifs is 1. The quantitative estimate of drug-likeness (QED) is 0.678. The van der Waals surface area contributed by atoms with E-state index >= 15 is 0 Å². The fourth-order valence-corrected chi connectivity index (χ4v) is 3.28. The first kappa shape index (κ1) is 19.9. The van der Waals surface area contributed by atoms with Crippen LogP contribution >= 0.6 is 0 Å². The number of aryl methyl sites for hydroxylation is 2. The van der Waals surface area contributed by atoms with Crippen molar-refractivity contribution in [2.45, 2.75) is 40.2 Å². The molecular formula is C23H27NO4. The molecule has 0 unspecified atom stereocenters. The molecule has 0 bridgehead atoms. The Morgan fingerprint density at radius 3 is 2.54 bits per heavy atom. The minimum Gasteiger partial charge on any atom is -0.486 e. The first-order valence-corrected chi connectivity index (χ1v) is 9.75. The molecule has 28 heavy (non-hydrogen) atoms. The summed E-state index contributed by atoms with van der Waals surface area (Å²) in [5.74, 6) is 1.40. The molecule has 1 aliphatic heterocycles. The molecule has 0 aromatic heterocycles. The normalized spacial score (nSPS) is 12.5. The molecular weight excluding hydrogens is 354 g/mol. The summed E-state index contributed by atoms with van der Waals surface area (Å²) >= 11 is 0. The summed E-state index contributed by atoms with van der Waals surface area (Å²) in [6, 6.07) is 11.4. The van der Waals surface area contributed by atoms with Crippen LogP contribution in [0.2, 0.25) is 0 Å². The van der Waals surface area contributed by atoms with Crippen molar-refractivity contribution in [1.82, 2.24) is 4.90 Å². The number of amides is 1. The second kappa shape index (κ2) is 8.91. The average Bonchev–Trinajstić information content (AvgIpc) is 2.72. The van der Waals surface area contributed by atoms with Gasteiger partial charge < -0.3 is 14.4 Å². The summed E-state index contributed by atoms with van der Waals surface area (Å²) < 4.78 is 11.4. The summed E-state index contributed by atoms with van der Waals surface area (Å²) in [7, 11) is 0. The van der Waals surface area contributed by atoms with Gasteiger partial charge in [-0.3, -0.25) is 9.59 Å². The first-order valence-electron chi connectivity index (χ1n) is 9.75. The Kier molecular flexibility index (Phi) is 6.34. The molecule has 0 saturated carbocycles. The van der Waals surface area contributed by atoms with Crippen molar-refractivity contribution in [3.05, 3.63) is 58.7 Å². The van der Waals surface area contributed by atoms with E-state index in [2.05, 4.69) is 0 Å². The molecule has 0 saturated heterocycles. The zero-order chi connectivity index (χ0) is 20.1. The summed E-state index contributed by atoms with van der Waals surface area (Å²) in [6.07, 6.45) is 0.413. The highest BCUT2D eigenvalue weighted by molar-refractivity contribution is 5.98. The Hall–Kier alpha value is -2.82. The Morgan fingerprint density at radius 1 is 1.00 bits per heavy atom. The minimum absolute atomic E-state index is 0.00123. The molecule has 148 valence electrons. The predicted molar refractivity (Wildman–Crippen MR) is 108 cm³/mol. The van der Waals surface area contributed by atoms with E-state index in [4.69, 9.17) is 9.47 Å². The fourth-order valence-electron chi connectivity index (χ4n) is 3.28. The van der Waals surface area contributed by atoms with Gasteiger partial charge in [0.2, 0.25) is 5.91 Å². The molecule has 0 spiro atoms. The van der Waals surface area contributed by atoms with Crippen LogP contribution in [0.4, 0.5) is 0 Å². The summed E-state index contributed by atoms with van der Waals surface area (Å²) in [6.45, 7) is 8.00. The van der Waals surface area contributed by atoms with E-state index in [0.717, 1.165) is 22.4 Å². The number of hydrogen-bond acceptors (Lipinski definition) is 4. The second-order valence-corrected chi connectivity index (χ2v) is 7.07. The largest absolute Gasteiger partial charge is 0.486 e. The van der Waals surface area contributed by atoms with Crippen LogP contribution in [0, 0.1) is 13.8 Å². The average molecular weight is 381 g/mol. The number of carbonyl (C=O) groups is 2. The highest BCUT2D eigenvalue weighted by atomic mass is 16.6. The molecule has 1 aliphatic rings. The zero-order valence-electron chi connectivity index (χ0n) is 16.8. The third-order valence-electron chi connectivity index (χ3n) is 5.14. The molecule has 2 aromatic carbocycles. The molecule has 0 N–H and O–H groups in total. The van der Waals surface area contributed by atoms with Crippen LogP contribution in [-0.4, -0.2) is 36.3 Å². The molecule has 5 nitrogen and oxygen atoms in total. The molecule has 0 fully saturated rings. The van der Waals surface area contributed by atoms with Gasteiger partial charge in [0.05, 0.1) is 0 Å². The number of carbonyl (C=O) groups excluding carboxylic acids is 2. The second-order valence-electron chi connectivity index (χ2n) is 7.07. The molecule has 1 heterocycles. The first-order chi connectivity index (χ1) is 13.5. The van der Waals surface area contributed by atoms with E-state index in [-0.39, 0.29) is 24.5 Å². The van der Waals surface area contributed by atoms with Gasteiger partial charge >= 0.3 is 0 Å². The van der Waals surface area contributed by atoms with E-state index in [1.165, 1.54) is 0 Å². The molecule has 0 radical (unpaired) electrons. The van der Waals surface area contributed by atoms with Crippen LogP contribution in [0.3, 0.4) is 0 Å². The van der Waals surface area contributed by atoms with Crippen LogP contribution in [0.1, 0.15) is 46.8 Å². The summed E-state index contributed by atoms with van der Waals surface area (Å²) in [4.78, 5) is 26.9. The number of Topliss-reactive ketones (excluding diaryl/α,β-unsaturated/α-hetero) is 1. The van der Waals surface area contributed by atoms with Crippen molar-refractivity contribution in [2.75, 3.05) is 19.8 Å². The van der Waals surface area contributed by atoms with Crippen LogP contribution in [-0.2, 0) is 11.3 Å². The molecule has 0 atom stereocenters. The highest BCUT2D eigenvalue weighted by Gasteiger charge is 2.20. The topological polar surface area (TPSA) is 55.8 Å². The number of para-hydroxylation sites is 1. The lowest BCUT2D eigenvalue weighted by Crippen LogP contribution is -2.31. The van der Waals surface area contributed by atoms with Gasteiger partial charge in [0.1, 0.15) is 13.2 Å². The Bertz CT molecular complexity index is 875. The number of benzene rings is 2.